The highest BCUT2D eigenvalue weighted by Crippen LogP contribution is 2.18. The van der Waals surface area contributed by atoms with Crippen molar-refractivity contribution in [3.63, 3.8) is 0 Å². The maximum absolute atomic E-state index is 11.8. The molecule has 0 aliphatic rings. The molecule has 1 aromatic heterocycles. The molecule has 0 saturated carbocycles. The molecule has 1 amide bonds. The van der Waals surface area contributed by atoms with Gasteiger partial charge in [-0.25, -0.2) is 0 Å². The van der Waals surface area contributed by atoms with Gasteiger partial charge in [0.15, 0.2) is 6.61 Å². The number of hydrogen-bond donors (Lipinski definition) is 2. The van der Waals surface area contributed by atoms with Gasteiger partial charge in [0.1, 0.15) is 5.75 Å². The van der Waals surface area contributed by atoms with Crippen molar-refractivity contribution in [2.75, 3.05) is 13.2 Å². The lowest BCUT2D eigenvalue weighted by molar-refractivity contribution is -0.123. The average Bonchev–Trinajstić information content (AvgIpc) is 2.97. The second-order valence-electron chi connectivity index (χ2n) is 5.21. The van der Waals surface area contributed by atoms with Gasteiger partial charge in [0.05, 0.1) is 0 Å². The Balaban J connectivity index is 1.46. The zero-order chi connectivity index (χ0) is 16.1. The standard InChI is InChI=1S/C18H17BrN2O2/c19-14-4-3-5-15(10-14)23-12-18(22)20-9-8-13-11-21-17-7-2-1-6-16(13)17/h1-7,10-11,21H,8-9,12H2,(H,20,22). The molecule has 0 radical (unpaired) electrons. The topological polar surface area (TPSA) is 54.1 Å². The number of para-hydroxylation sites is 1. The molecule has 1 heterocycles. The average molecular weight is 373 g/mol. The van der Waals surface area contributed by atoms with Crippen LogP contribution >= 0.6 is 15.9 Å². The molecule has 0 unspecified atom stereocenters. The van der Waals surface area contributed by atoms with E-state index in [2.05, 4.69) is 32.3 Å². The molecule has 23 heavy (non-hydrogen) atoms. The van der Waals surface area contributed by atoms with Crippen molar-refractivity contribution >= 4 is 32.7 Å². The Bertz CT molecular complexity index is 813. The Morgan fingerprint density at radius 3 is 2.91 bits per heavy atom. The Morgan fingerprint density at radius 2 is 2.04 bits per heavy atom. The smallest absolute Gasteiger partial charge is 0.257 e. The van der Waals surface area contributed by atoms with Crippen molar-refractivity contribution in [3.8, 4) is 5.75 Å². The largest absolute Gasteiger partial charge is 0.484 e. The first-order valence-electron chi connectivity index (χ1n) is 7.42. The van der Waals surface area contributed by atoms with Crippen molar-refractivity contribution in [2.24, 2.45) is 0 Å². The summed E-state index contributed by atoms with van der Waals surface area (Å²) in [4.78, 5) is 15.1. The van der Waals surface area contributed by atoms with Crippen LogP contribution in [-0.4, -0.2) is 24.0 Å². The van der Waals surface area contributed by atoms with Gasteiger partial charge in [-0.05, 0) is 36.2 Å². The third-order valence-electron chi connectivity index (χ3n) is 3.56. The molecule has 0 atom stereocenters. The van der Waals surface area contributed by atoms with Crippen LogP contribution in [0.1, 0.15) is 5.56 Å². The number of aromatic nitrogens is 1. The summed E-state index contributed by atoms with van der Waals surface area (Å²) in [5.74, 6) is 0.552. The summed E-state index contributed by atoms with van der Waals surface area (Å²) in [5, 5.41) is 4.08. The third kappa shape index (κ3) is 4.13. The van der Waals surface area contributed by atoms with E-state index in [0.717, 1.165) is 16.4 Å². The number of aromatic amines is 1. The van der Waals surface area contributed by atoms with Gasteiger partial charge in [-0.2, -0.15) is 0 Å². The number of carbonyl (C=O) groups is 1. The molecule has 0 aliphatic carbocycles. The second-order valence-corrected chi connectivity index (χ2v) is 6.12. The predicted molar refractivity (Wildman–Crippen MR) is 94.6 cm³/mol. The molecule has 0 saturated heterocycles. The first-order valence-corrected chi connectivity index (χ1v) is 8.22. The van der Waals surface area contributed by atoms with E-state index in [9.17, 15) is 4.79 Å². The quantitative estimate of drug-likeness (QED) is 0.693. The number of fused-ring (bicyclic) bond motifs is 1. The number of amides is 1. The van der Waals surface area contributed by atoms with Gasteiger partial charge in [-0.3, -0.25) is 4.79 Å². The van der Waals surface area contributed by atoms with Gasteiger partial charge in [0.25, 0.3) is 5.91 Å². The van der Waals surface area contributed by atoms with E-state index < -0.39 is 0 Å². The van der Waals surface area contributed by atoms with Crippen molar-refractivity contribution in [2.45, 2.75) is 6.42 Å². The van der Waals surface area contributed by atoms with E-state index in [-0.39, 0.29) is 12.5 Å². The molecular weight excluding hydrogens is 356 g/mol. The van der Waals surface area contributed by atoms with Gasteiger partial charge in [0.2, 0.25) is 0 Å². The lowest BCUT2D eigenvalue weighted by Crippen LogP contribution is -2.30. The first-order chi connectivity index (χ1) is 11.2. The molecule has 3 aromatic rings. The molecule has 0 fully saturated rings. The summed E-state index contributed by atoms with van der Waals surface area (Å²) in [6.07, 6.45) is 2.78. The molecule has 3 rings (SSSR count). The SMILES string of the molecule is O=C(COc1cccc(Br)c1)NCCc1c[nH]c2ccccc12. The minimum atomic E-state index is -0.121. The summed E-state index contributed by atoms with van der Waals surface area (Å²) >= 11 is 3.37. The Kier molecular flexibility index (Phi) is 4.98. The van der Waals surface area contributed by atoms with Gasteiger partial charge in [0, 0.05) is 28.1 Å². The molecule has 0 spiro atoms. The van der Waals surface area contributed by atoms with E-state index >= 15 is 0 Å². The van der Waals surface area contributed by atoms with Crippen LogP contribution in [-0.2, 0) is 11.2 Å². The highest BCUT2D eigenvalue weighted by atomic mass is 79.9. The molecule has 5 heteroatoms. The molecule has 2 N–H and O–H groups in total. The summed E-state index contributed by atoms with van der Waals surface area (Å²) in [5.41, 5.74) is 2.32. The number of carbonyl (C=O) groups excluding carboxylic acids is 1. The molecule has 0 bridgehead atoms. The molecule has 2 aromatic carbocycles. The number of nitrogens with one attached hydrogen (secondary N) is 2. The number of H-pyrrole nitrogens is 1. The third-order valence-corrected chi connectivity index (χ3v) is 4.05. The maximum Gasteiger partial charge on any atom is 0.257 e. The first kappa shape index (κ1) is 15.6. The summed E-state index contributed by atoms with van der Waals surface area (Å²) < 4.78 is 6.38. The van der Waals surface area contributed by atoms with Crippen LogP contribution in [0.25, 0.3) is 10.9 Å². The molecular formula is C18H17BrN2O2. The van der Waals surface area contributed by atoms with Crippen molar-refractivity contribution in [1.29, 1.82) is 0 Å². The fourth-order valence-corrected chi connectivity index (χ4v) is 2.81. The highest BCUT2D eigenvalue weighted by Gasteiger charge is 2.05. The molecule has 4 nitrogen and oxygen atoms in total. The van der Waals surface area contributed by atoms with Gasteiger partial charge >= 0.3 is 0 Å². The van der Waals surface area contributed by atoms with E-state index in [1.165, 1.54) is 10.9 Å². The Labute approximate surface area is 143 Å². The number of halogens is 1. The number of ether oxygens (including phenoxy) is 1. The van der Waals surface area contributed by atoms with Crippen molar-refractivity contribution in [1.82, 2.24) is 10.3 Å². The second kappa shape index (κ2) is 7.33. The highest BCUT2D eigenvalue weighted by molar-refractivity contribution is 9.10. The van der Waals surface area contributed by atoms with E-state index in [1.54, 1.807) is 0 Å². The maximum atomic E-state index is 11.8. The van der Waals surface area contributed by atoms with Crippen LogP contribution in [0, 0.1) is 0 Å². The molecule has 0 aliphatic heterocycles. The van der Waals surface area contributed by atoms with E-state index in [1.807, 2.05) is 48.7 Å². The van der Waals surface area contributed by atoms with Crippen molar-refractivity contribution < 1.29 is 9.53 Å². The van der Waals surface area contributed by atoms with E-state index in [0.29, 0.717) is 12.3 Å². The minimum absolute atomic E-state index is 0.0182. The summed E-state index contributed by atoms with van der Waals surface area (Å²) in [6.45, 7) is 0.604. The Morgan fingerprint density at radius 1 is 1.17 bits per heavy atom. The zero-order valence-electron chi connectivity index (χ0n) is 12.5. The monoisotopic (exact) mass is 372 g/mol. The fraction of sp³-hybridized carbons (Fsp3) is 0.167. The number of hydrogen-bond acceptors (Lipinski definition) is 2. The summed E-state index contributed by atoms with van der Waals surface area (Å²) in [6, 6.07) is 15.6. The van der Waals surface area contributed by atoms with Crippen LogP contribution in [0.5, 0.6) is 5.75 Å². The number of benzene rings is 2. The van der Waals surface area contributed by atoms with E-state index in [4.69, 9.17) is 4.74 Å². The number of rotatable bonds is 6. The van der Waals surface area contributed by atoms with Crippen LogP contribution in [0.3, 0.4) is 0 Å². The van der Waals surface area contributed by atoms with Gasteiger partial charge in [-0.15, -0.1) is 0 Å². The van der Waals surface area contributed by atoms with Crippen molar-refractivity contribution in [3.05, 3.63) is 64.8 Å². The van der Waals surface area contributed by atoms with Crippen LogP contribution in [0.4, 0.5) is 0 Å². The minimum Gasteiger partial charge on any atom is -0.484 e. The van der Waals surface area contributed by atoms with Crippen LogP contribution in [0.2, 0.25) is 0 Å². The predicted octanol–water partition coefficient (Wildman–Crippen LogP) is 3.67. The molecule has 118 valence electrons. The van der Waals surface area contributed by atoms with Gasteiger partial charge < -0.3 is 15.0 Å². The summed E-state index contributed by atoms with van der Waals surface area (Å²) in [7, 11) is 0. The Hall–Kier alpha value is -2.27. The van der Waals surface area contributed by atoms with Crippen LogP contribution < -0.4 is 10.1 Å². The lowest BCUT2D eigenvalue weighted by Gasteiger charge is -2.07. The fourth-order valence-electron chi connectivity index (χ4n) is 2.43. The normalized spacial score (nSPS) is 10.7. The zero-order valence-corrected chi connectivity index (χ0v) is 14.1. The van der Waals surface area contributed by atoms with Gasteiger partial charge in [-0.1, -0.05) is 40.2 Å². The lowest BCUT2D eigenvalue weighted by atomic mass is 10.1. The van der Waals surface area contributed by atoms with Crippen LogP contribution in [0.15, 0.2) is 59.2 Å².